The van der Waals surface area contributed by atoms with Gasteiger partial charge in [0.25, 0.3) is 0 Å². The van der Waals surface area contributed by atoms with Crippen LogP contribution < -0.4 is 0 Å². The van der Waals surface area contributed by atoms with Gasteiger partial charge in [0.15, 0.2) is 0 Å². The van der Waals surface area contributed by atoms with Crippen LogP contribution >= 0.6 is 0 Å². The highest BCUT2D eigenvalue weighted by molar-refractivity contribution is 5.80. The molecule has 1 amide bonds. The van der Waals surface area contributed by atoms with Crippen molar-refractivity contribution >= 4 is 5.91 Å². The van der Waals surface area contributed by atoms with E-state index >= 15 is 0 Å². The van der Waals surface area contributed by atoms with Crippen molar-refractivity contribution in [3.05, 3.63) is 48.5 Å². The third-order valence-electron chi connectivity index (χ3n) is 4.24. The molecule has 23 heavy (non-hydrogen) atoms. The minimum atomic E-state index is -0.328. The van der Waals surface area contributed by atoms with Crippen LogP contribution in [0.5, 0.6) is 0 Å². The second kappa shape index (κ2) is 7.37. The van der Waals surface area contributed by atoms with Gasteiger partial charge in [-0.2, -0.15) is 5.10 Å². The Labute approximate surface area is 136 Å². The number of nitrogens with zero attached hydrogens (tertiary/aromatic N) is 4. The molecule has 2 heterocycles. The number of hydrogen-bond acceptors (Lipinski definition) is 4. The molecule has 1 aliphatic rings. The smallest absolute Gasteiger partial charge is 0.247 e. The van der Waals surface area contributed by atoms with E-state index in [1.54, 1.807) is 11.0 Å². The summed E-state index contributed by atoms with van der Waals surface area (Å²) in [5.41, 5.74) is 1.30. The molecule has 0 unspecified atom stereocenters. The van der Waals surface area contributed by atoms with Gasteiger partial charge in [0, 0.05) is 13.1 Å². The Morgan fingerprint density at radius 3 is 2.96 bits per heavy atom. The van der Waals surface area contributed by atoms with Crippen LogP contribution in [0.4, 0.5) is 0 Å². The van der Waals surface area contributed by atoms with Gasteiger partial charge in [-0.25, -0.2) is 9.67 Å². The van der Waals surface area contributed by atoms with Crippen molar-refractivity contribution in [1.82, 2.24) is 19.7 Å². The Hall–Kier alpha value is -2.21. The summed E-state index contributed by atoms with van der Waals surface area (Å²) in [6.45, 7) is 3.73. The predicted molar refractivity (Wildman–Crippen MR) is 85.8 cm³/mol. The third kappa shape index (κ3) is 3.96. The maximum Gasteiger partial charge on any atom is 0.247 e. The number of benzene rings is 1. The molecule has 0 N–H and O–H groups in total. The van der Waals surface area contributed by atoms with Gasteiger partial charge in [-0.15, -0.1) is 0 Å². The first-order valence-electron chi connectivity index (χ1n) is 8.02. The number of carbonyl (C=O) groups excluding carboxylic acids is 1. The second-order valence-corrected chi connectivity index (χ2v) is 5.85. The lowest BCUT2D eigenvalue weighted by atomic mass is 10.1. The van der Waals surface area contributed by atoms with E-state index in [0.717, 1.165) is 12.8 Å². The Bertz CT molecular complexity index is 615. The van der Waals surface area contributed by atoms with Crippen molar-refractivity contribution < 1.29 is 9.53 Å². The van der Waals surface area contributed by atoms with E-state index in [0.29, 0.717) is 19.7 Å². The van der Waals surface area contributed by atoms with Gasteiger partial charge in [0.05, 0.1) is 12.7 Å². The molecule has 1 saturated heterocycles. The number of hydrogen-bond donors (Lipinski definition) is 0. The van der Waals surface area contributed by atoms with Crippen LogP contribution in [0.15, 0.2) is 43.0 Å². The molecule has 2 atom stereocenters. The average molecular weight is 314 g/mol. The van der Waals surface area contributed by atoms with Gasteiger partial charge in [0.1, 0.15) is 18.7 Å². The lowest BCUT2D eigenvalue weighted by molar-refractivity contribution is -0.142. The summed E-state index contributed by atoms with van der Waals surface area (Å²) in [4.78, 5) is 18.4. The zero-order chi connectivity index (χ0) is 16.1. The van der Waals surface area contributed by atoms with Crippen LogP contribution in [0.3, 0.4) is 0 Å². The molecule has 0 bridgehead atoms. The van der Waals surface area contributed by atoms with Crippen molar-refractivity contribution in [1.29, 1.82) is 0 Å². The first-order valence-corrected chi connectivity index (χ1v) is 8.02. The predicted octanol–water partition coefficient (Wildman–Crippen LogP) is 1.70. The summed E-state index contributed by atoms with van der Waals surface area (Å²) in [6.07, 6.45) is 5.01. The normalized spacial score (nSPS) is 19.5. The number of carbonyl (C=O) groups is 1. The molecule has 1 fully saturated rings. The molecular formula is C17H22N4O2. The lowest BCUT2D eigenvalue weighted by Gasteiger charge is -2.34. The van der Waals surface area contributed by atoms with Gasteiger partial charge >= 0.3 is 0 Å². The monoisotopic (exact) mass is 314 g/mol. The van der Waals surface area contributed by atoms with E-state index in [9.17, 15) is 4.79 Å². The summed E-state index contributed by atoms with van der Waals surface area (Å²) in [5.74, 6) is 0.0727. The number of rotatable bonds is 5. The molecule has 1 aliphatic heterocycles. The summed E-state index contributed by atoms with van der Waals surface area (Å²) in [7, 11) is 0. The summed E-state index contributed by atoms with van der Waals surface area (Å²) in [5, 5.41) is 4.05. The number of aromatic nitrogens is 3. The minimum absolute atomic E-state index is 0.0727. The number of aryl methyl sites for hydroxylation is 1. The standard InChI is InChI=1S/C17H22N4O2/c1-14(21-13-18-12-19-21)17(22)20-9-10-23-16(11-20)8-7-15-5-3-2-4-6-15/h2-6,12-14,16H,7-11H2,1H3/t14-,16+/m1/s1. The van der Waals surface area contributed by atoms with Crippen molar-refractivity contribution in [3.8, 4) is 0 Å². The third-order valence-corrected chi connectivity index (χ3v) is 4.24. The Kier molecular flexibility index (Phi) is 5.02. The van der Waals surface area contributed by atoms with Crippen molar-refractivity contribution in [2.24, 2.45) is 0 Å². The highest BCUT2D eigenvalue weighted by Crippen LogP contribution is 2.16. The molecular weight excluding hydrogens is 292 g/mol. The molecule has 6 nitrogen and oxygen atoms in total. The van der Waals surface area contributed by atoms with Crippen LogP contribution in [-0.2, 0) is 16.0 Å². The Morgan fingerprint density at radius 2 is 2.22 bits per heavy atom. The maximum atomic E-state index is 12.6. The molecule has 1 aromatic carbocycles. The van der Waals surface area contributed by atoms with E-state index in [1.165, 1.54) is 11.9 Å². The maximum absolute atomic E-state index is 12.6. The van der Waals surface area contributed by atoms with Gasteiger partial charge in [0.2, 0.25) is 5.91 Å². The van der Waals surface area contributed by atoms with Crippen LogP contribution in [0.25, 0.3) is 0 Å². The fourth-order valence-electron chi connectivity index (χ4n) is 2.86. The molecule has 0 radical (unpaired) electrons. The highest BCUT2D eigenvalue weighted by atomic mass is 16.5. The molecule has 0 aliphatic carbocycles. The minimum Gasteiger partial charge on any atom is -0.375 e. The van der Waals surface area contributed by atoms with E-state index in [1.807, 2.05) is 30.0 Å². The Morgan fingerprint density at radius 1 is 1.39 bits per heavy atom. The lowest BCUT2D eigenvalue weighted by Crippen LogP contribution is -2.47. The average Bonchev–Trinajstić information content (AvgIpc) is 3.14. The molecule has 2 aromatic rings. The second-order valence-electron chi connectivity index (χ2n) is 5.85. The molecule has 0 spiro atoms. The zero-order valence-electron chi connectivity index (χ0n) is 13.3. The van der Waals surface area contributed by atoms with Crippen molar-refractivity contribution in [2.45, 2.75) is 31.9 Å². The van der Waals surface area contributed by atoms with E-state index in [2.05, 4.69) is 22.2 Å². The Balaban J connectivity index is 1.54. The SMILES string of the molecule is C[C@H](C(=O)N1CCO[C@@H](CCc2ccccc2)C1)n1cncn1. The van der Waals surface area contributed by atoms with E-state index < -0.39 is 0 Å². The van der Waals surface area contributed by atoms with Crippen molar-refractivity contribution in [3.63, 3.8) is 0 Å². The fraction of sp³-hybridized carbons (Fsp3) is 0.471. The van der Waals surface area contributed by atoms with Gasteiger partial charge in [-0.3, -0.25) is 4.79 Å². The van der Waals surface area contributed by atoms with Crippen LogP contribution in [0.1, 0.15) is 24.9 Å². The summed E-state index contributed by atoms with van der Waals surface area (Å²) in [6, 6.07) is 10.0. The topological polar surface area (TPSA) is 60.2 Å². The van der Waals surface area contributed by atoms with E-state index in [-0.39, 0.29) is 18.1 Å². The number of amides is 1. The fourth-order valence-corrected chi connectivity index (χ4v) is 2.86. The number of ether oxygens (including phenoxy) is 1. The molecule has 0 saturated carbocycles. The quantitative estimate of drug-likeness (QED) is 0.843. The summed E-state index contributed by atoms with van der Waals surface area (Å²) >= 11 is 0. The highest BCUT2D eigenvalue weighted by Gasteiger charge is 2.28. The molecule has 122 valence electrons. The van der Waals surface area contributed by atoms with Crippen molar-refractivity contribution in [2.75, 3.05) is 19.7 Å². The summed E-state index contributed by atoms with van der Waals surface area (Å²) < 4.78 is 7.42. The largest absolute Gasteiger partial charge is 0.375 e. The molecule has 1 aromatic heterocycles. The molecule has 3 rings (SSSR count). The first-order chi connectivity index (χ1) is 11.2. The van der Waals surface area contributed by atoms with Crippen LogP contribution in [-0.4, -0.2) is 51.4 Å². The first kappa shape index (κ1) is 15.7. The van der Waals surface area contributed by atoms with E-state index in [4.69, 9.17) is 4.74 Å². The molecule has 6 heteroatoms. The van der Waals surface area contributed by atoms with Gasteiger partial charge in [-0.1, -0.05) is 30.3 Å². The number of morpholine rings is 1. The van der Waals surface area contributed by atoms with Crippen LogP contribution in [0.2, 0.25) is 0 Å². The van der Waals surface area contributed by atoms with Gasteiger partial charge in [-0.05, 0) is 25.3 Å². The van der Waals surface area contributed by atoms with Crippen LogP contribution in [0, 0.1) is 0 Å². The van der Waals surface area contributed by atoms with Gasteiger partial charge < -0.3 is 9.64 Å². The zero-order valence-corrected chi connectivity index (χ0v) is 13.3.